The number of aryl methyl sites for hydroxylation is 1. The van der Waals surface area contributed by atoms with Gasteiger partial charge in [0.05, 0.1) is 0 Å². The highest BCUT2D eigenvalue weighted by atomic mass is 16.3. The summed E-state index contributed by atoms with van der Waals surface area (Å²) < 4.78 is 0. The summed E-state index contributed by atoms with van der Waals surface area (Å²) in [4.78, 5) is 14.0. The van der Waals surface area contributed by atoms with Crippen molar-refractivity contribution in [3.63, 3.8) is 0 Å². The molecule has 0 fully saturated rings. The van der Waals surface area contributed by atoms with Crippen LogP contribution in [-0.4, -0.2) is 22.0 Å². The summed E-state index contributed by atoms with van der Waals surface area (Å²) in [7, 11) is 0. The van der Waals surface area contributed by atoms with Crippen molar-refractivity contribution in [2.75, 3.05) is 0 Å². The maximum absolute atomic E-state index is 12.4. The minimum atomic E-state index is -0.820. The largest absolute Gasteiger partial charge is 0.369 e. The molecule has 1 N–H and O–H groups in total. The van der Waals surface area contributed by atoms with Crippen LogP contribution in [0.4, 0.5) is 0 Å². The highest BCUT2D eigenvalue weighted by Crippen LogP contribution is 2.33. The van der Waals surface area contributed by atoms with Crippen molar-refractivity contribution in [1.29, 1.82) is 0 Å². The van der Waals surface area contributed by atoms with Crippen LogP contribution in [0.5, 0.6) is 0 Å². The van der Waals surface area contributed by atoms with Crippen molar-refractivity contribution in [2.24, 2.45) is 0 Å². The summed E-state index contributed by atoms with van der Waals surface area (Å²) in [6.07, 6.45) is 0.912. The molecular formula is C18H19NO2. The number of carbonyl (C=O) groups is 1. The minimum Gasteiger partial charge on any atom is -0.369 e. The van der Waals surface area contributed by atoms with Gasteiger partial charge in [-0.15, -0.1) is 0 Å². The zero-order valence-corrected chi connectivity index (χ0v) is 12.1. The molecule has 1 amide bonds. The van der Waals surface area contributed by atoms with E-state index < -0.39 is 6.23 Å². The fraction of sp³-hybridized carbons (Fsp3) is 0.278. The van der Waals surface area contributed by atoms with E-state index in [9.17, 15) is 9.90 Å². The molecule has 1 aliphatic heterocycles. The summed E-state index contributed by atoms with van der Waals surface area (Å²) in [5.41, 5.74) is 2.59. The van der Waals surface area contributed by atoms with Gasteiger partial charge in [0.2, 0.25) is 0 Å². The van der Waals surface area contributed by atoms with Gasteiger partial charge >= 0.3 is 0 Å². The fourth-order valence-electron chi connectivity index (χ4n) is 2.92. The second-order valence-electron chi connectivity index (χ2n) is 5.55. The predicted octanol–water partition coefficient (Wildman–Crippen LogP) is 3.15. The molecule has 1 heterocycles. The molecule has 3 rings (SSSR count). The van der Waals surface area contributed by atoms with E-state index in [0.29, 0.717) is 11.1 Å². The molecule has 0 saturated carbocycles. The zero-order valence-electron chi connectivity index (χ0n) is 12.1. The Morgan fingerprint density at radius 1 is 1.10 bits per heavy atom. The maximum atomic E-state index is 12.4. The van der Waals surface area contributed by atoms with Gasteiger partial charge in [-0.25, -0.2) is 0 Å². The third-order valence-corrected chi connectivity index (χ3v) is 4.14. The molecule has 0 unspecified atom stereocenters. The van der Waals surface area contributed by atoms with Crippen LogP contribution in [0, 0.1) is 0 Å². The molecule has 2 atom stereocenters. The van der Waals surface area contributed by atoms with Crippen LogP contribution in [0.2, 0.25) is 0 Å². The molecule has 2 aromatic carbocycles. The van der Waals surface area contributed by atoms with Gasteiger partial charge in [0.25, 0.3) is 5.91 Å². The van der Waals surface area contributed by atoms with Crippen LogP contribution in [0.25, 0.3) is 0 Å². The Balaban J connectivity index is 1.71. The second-order valence-corrected chi connectivity index (χ2v) is 5.55. The quantitative estimate of drug-likeness (QED) is 0.935. The minimum absolute atomic E-state index is 0.0000983. The van der Waals surface area contributed by atoms with E-state index >= 15 is 0 Å². The Labute approximate surface area is 124 Å². The van der Waals surface area contributed by atoms with Crippen molar-refractivity contribution >= 4 is 5.91 Å². The lowest BCUT2D eigenvalue weighted by atomic mass is 10.1. The highest BCUT2D eigenvalue weighted by Gasteiger charge is 2.37. The van der Waals surface area contributed by atoms with Crippen molar-refractivity contribution in [1.82, 2.24) is 4.90 Å². The first kappa shape index (κ1) is 13.8. The molecule has 3 heteroatoms. The highest BCUT2D eigenvalue weighted by molar-refractivity contribution is 5.99. The molecule has 2 aromatic rings. The zero-order chi connectivity index (χ0) is 14.8. The van der Waals surface area contributed by atoms with Crippen molar-refractivity contribution in [2.45, 2.75) is 32.0 Å². The first-order valence-corrected chi connectivity index (χ1v) is 7.32. The molecule has 0 bridgehead atoms. The lowest BCUT2D eigenvalue weighted by Crippen LogP contribution is -2.36. The normalized spacial score (nSPS) is 18.7. The monoisotopic (exact) mass is 281 g/mol. The van der Waals surface area contributed by atoms with Crippen molar-refractivity contribution in [3.8, 4) is 0 Å². The SMILES string of the molecule is C[C@@H](CCc1ccccc1)N1C(=O)c2ccccc2[C@@H]1O. The summed E-state index contributed by atoms with van der Waals surface area (Å²) in [5.74, 6) is -0.0707. The molecule has 1 aliphatic rings. The Morgan fingerprint density at radius 2 is 1.76 bits per heavy atom. The Morgan fingerprint density at radius 3 is 2.48 bits per heavy atom. The van der Waals surface area contributed by atoms with Gasteiger partial charge in [-0.05, 0) is 31.4 Å². The lowest BCUT2D eigenvalue weighted by molar-refractivity contribution is -0.00118. The molecule has 21 heavy (non-hydrogen) atoms. The average molecular weight is 281 g/mol. The van der Waals surface area contributed by atoms with Gasteiger partial charge in [-0.2, -0.15) is 0 Å². The first-order valence-electron chi connectivity index (χ1n) is 7.32. The van der Waals surface area contributed by atoms with Gasteiger partial charge in [0, 0.05) is 17.2 Å². The summed E-state index contributed by atoms with van der Waals surface area (Å²) >= 11 is 0. The molecule has 0 aromatic heterocycles. The van der Waals surface area contributed by atoms with E-state index in [1.54, 1.807) is 11.0 Å². The predicted molar refractivity (Wildman–Crippen MR) is 81.8 cm³/mol. The van der Waals surface area contributed by atoms with E-state index in [-0.39, 0.29) is 11.9 Å². The fourth-order valence-corrected chi connectivity index (χ4v) is 2.92. The van der Waals surface area contributed by atoms with E-state index in [1.807, 2.05) is 43.3 Å². The number of benzene rings is 2. The number of aliphatic hydroxyl groups excluding tert-OH is 1. The summed E-state index contributed by atoms with van der Waals surface area (Å²) in [6, 6.07) is 17.5. The number of amides is 1. The lowest BCUT2D eigenvalue weighted by Gasteiger charge is -2.28. The molecule has 3 nitrogen and oxygen atoms in total. The van der Waals surface area contributed by atoms with E-state index in [1.165, 1.54) is 5.56 Å². The Hall–Kier alpha value is -2.13. The number of carbonyl (C=O) groups excluding carboxylic acids is 1. The third-order valence-electron chi connectivity index (χ3n) is 4.14. The number of nitrogens with zero attached hydrogens (tertiary/aromatic N) is 1. The first-order chi connectivity index (χ1) is 10.2. The average Bonchev–Trinajstić information content (AvgIpc) is 2.78. The summed E-state index contributed by atoms with van der Waals surface area (Å²) in [5, 5.41) is 10.4. The smallest absolute Gasteiger partial charge is 0.256 e. The van der Waals surface area contributed by atoms with Crippen LogP contribution in [-0.2, 0) is 6.42 Å². The Bertz CT molecular complexity index is 639. The molecule has 0 spiro atoms. The second kappa shape index (κ2) is 5.70. The van der Waals surface area contributed by atoms with Crippen LogP contribution >= 0.6 is 0 Å². The molecule has 0 radical (unpaired) electrons. The van der Waals surface area contributed by atoms with Gasteiger partial charge < -0.3 is 10.0 Å². The number of aliphatic hydroxyl groups is 1. The molecule has 0 aliphatic carbocycles. The number of hydrogen-bond acceptors (Lipinski definition) is 2. The molecule has 108 valence electrons. The summed E-state index contributed by atoms with van der Waals surface area (Å²) in [6.45, 7) is 2.00. The number of rotatable bonds is 4. The number of fused-ring (bicyclic) bond motifs is 1. The van der Waals surface area contributed by atoms with Crippen LogP contribution in [0.15, 0.2) is 54.6 Å². The topological polar surface area (TPSA) is 40.5 Å². The van der Waals surface area contributed by atoms with Gasteiger partial charge in [-0.1, -0.05) is 48.5 Å². The van der Waals surface area contributed by atoms with Crippen LogP contribution < -0.4 is 0 Å². The Kier molecular flexibility index (Phi) is 3.76. The van der Waals surface area contributed by atoms with Crippen LogP contribution in [0.1, 0.15) is 41.1 Å². The van der Waals surface area contributed by atoms with Crippen molar-refractivity contribution < 1.29 is 9.90 Å². The van der Waals surface area contributed by atoms with Crippen LogP contribution in [0.3, 0.4) is 0 Å². The van der Waals surface area contributed by atoms with Gasteiger partial charge in [-0.3, -0.25) is 4.79 Å². The van der Waals surface area contributed by atoms with Gasteiger partial charge in [0.15, 0.2) is 6.23 Å². The van der Waals surface area contributed by atoms with Crippen molar-refractivity contribution in [3.05, 3.63) is 71.3 Å². The van der Waals surface area contributed by atoms with Gasteiger partial charge in [0.1, 0.15) is 0 Å². The maximum Gasteiger partial charge on any atom is 0.256 e. The van der Waals surface area contributed by atoms with E-state index in [0.717, 1.165) is 12.8 Å². The van der Waals surface area contributed by atoms with E-state index in [2.05, 4.69) is 12.1 Å². The molecular weight excluding hydrogens is 262 g/mol. The molecule has 0 saturated heterocycles. The number of hydrogen-bond donors (Lipinski definition) is 1. The third kappa shape index (κ3) is 2.57. The van der Waals surface area contributed by atoms with E-state index in [4.69, 9.17) is 0 Å². The standard InChI is InChI=1S/C18H19NO2/c1-13(11-12-14-7-3-2-4-8-14)19-17(20)15-9-5-6-10-16(15)18(19)21/h2-10,13,17,20H,11-12H2,1H3/t13-,17-/m0/s1.